The van der Waals surface area contributed by atoms with Crippen molar-refractivity contribution in [2.45, 2.75) is 19.4 Å². The summed E-state index contributed by atoms with van der Waals surface area (Å²) in [4.78, 5) is 0. The lowest BCUT2D eigenvalue weighted by atomic mass is 10.0. The minimum Gasteiger partial charge on any atom is -0.396 e. The van der Waals surface area contributed by atoms with Crippen molar-refractivity contribution in [2.75, 3.05) is 37.9 Å². The van der Waals surface area contributed by atoms with Gasteiger partial charge in [-0.15, -0.1) is 0 Å². The molecule has 0 bridgehead atoms. The Morgan fingerprint density at radius 2 is 2.50 bits per heavy atom. The number of thioether (sulfide) groups is 1. The minimum atomic E-state index is 0.282. The minimum absolute atomic E-state index is 0.282. The van der Waals surface area contributed by atoms with E-state index in [1.165, 1.54) is 6.42 Å². The average Bonchev–Trinajstić information content (AvgIpc) is 2.70. The topological polar surface area (TPSA) is 41.5 Å². The molecule has 0 saturated carbocycles. The molecule has 0 aromatic rings. The van der Waals surface area contributed by atoms with E-state index < -0.39 is 0 Å². The molecule has 14 heavy (non-hydrogen) atoms. The highest BCUT2D eigenvalue weighted by Crippen LogP contribution is 2.19. The summed E-state index contributed by atoms with van der Waals surface area (Å²) >= 11 is 1.82. The first-order chi connectivity index (χ1) is 6.88. The fraction of sp³-hybridized carbons (Fsp3) is 1.00. The Hall–Kier alpha value is 0.230. The largest absolute Gasteiger partial charge is 0.396 e. The molecule has 1 aliphatic rings. The van der Waals surface area contributed by atoms with Gasteiger partial charge in [0.05, 0.1) is 13.2 Å². The highest BCUT2D eigenvalue weighted by Gasteiger charge is 2.24. The van der Waals surface area contributed by atoms with Crippen LogP contribution < -0.4 is 5.32 Å². The highest BCUT2D eigenvalue weighted by molar-refractivity contribution is 7.99. The molecule has 1 heterocycles. The van der Waals surface area contributed by atoms with Crippen LogP contribution in [0.25, 0.3) is 0 Å². The normalized spacial score (nSPS) is 24.0. The monoisotopic (exact) mass is 219 g/mol. The summed E-state index contributed by atoms with van der Waals surface area (Å²) in [6.45, 7) is 5.25. The number of nitrogens with one attached hydrogen (secondary N) is 1. The van der Waals surface area contributed by atoms with Gasteiger partial charge in [-0.2, -0.15) is 11.8 Å². The fourth-order valence-corrected chi connectivity index (χ4v) is 2.71. The third kappa shape index (κ3) is 4.17. The first-order valence-electron chi connectivity index (χ1n) is 5.38. The van der Waals surface area contributed by atoms with Crippen LogP contribution in [0.15, 0.2) is 0 Å². The van der Waals surface area contributed by atoms with Crippen LogP contribution >= 0.6 is 11.8 Å². The molecule has 4 heteroatoms. The van der Waals surface area contributed by atoms with E-state index in [0.717, 1.165) is 31.3 Å². The van der Waals surface area contributed by atoms with Gasteiger partial charge in [-0.3, -0.25) is 0 Å². The molecule has 0 amide bonds. The van der Waals surface area contributed by atoms with Crippen molar-refractivity contribution in [2.24, 2.45) is 5.92 Å². The van der Waals surface area contributed by atoms with Crippen molar-refractivity contribution in [1.82, 2.24) is 5.32 Å². The Kier molecular flexibility index (Phi) is 6.60. The molecule has 0 radical (unpaired) electrons. The second-order valence-corrected chi connectivity index (χ2v) is 4.74. The third-order valence-corrected chi connectivity index (χ3v) is 3.60. The molecule has 0 aliphatic carbocycles. The molecule has 2 atom stereocenters. The lowest BCUT2D eigenvalue weighted by Crippen LogP contribution is -2.38. The second-order valence-electron chi connectivity index (χ2n) is 3.59. The van der Waals surface area contributed by atoms with Gasteiger partial charge in [0, 0.05) is 30.1 Å². The second kappa shape index (κ2) is 7.51. The lowest BCUT2D eigenvalue weighted by molar-refractivity contribution is 0.179. The number of rotatable bonds is 7. The van der Waals surface area contributed by atoms with Crippen LogP contribution in [0, 0.1) is 5.92 Å². The first kappa shape index (κ1) is 12.3. The van der Waals surface area contributed by atoms with Crippen LogP contribution in [0.5, 0.6) is 0 Å². The van der Waals surface area contributed by atoms with E-state index in [1.807, 2.05) is 11.8 Å². The van der Waals surface area contributed by atoms with Crippen LogP contribution in [0.4, 0.5) is 0 Å². The Bertz CT molecular complexity index is 140. The molecular formula is C10H21NO2S. The molecular weight excluding hydrogens is 198 g/mol. The fourth-order valence-electron chi connectivity index (χ4n) is 1.77. The van der Waals surface area contributed by atoms with Gasteiger partial charge in [0.2, 0.25) is 0 Å². The number of ether oxygens (including phenoxy) is 1. The summed E-state index contributed by atoms with van der Waals surface area (Å²) in [5, 5.41) is 12.2. The van der Waals surface area contributed by atoms with E-state index in [1.54, 1.807) is 0 Å². The summed E-state index contributed by atoms with van der Waals surface area (Å²) in [5.41, 5.74) is 0. The van der Waals surface area contributed by atoms with Gasteiger partial charge in [0.15, 0.2) is 0 Å². The van der Waals surface area contributed by atoms with Crippen LogP contribution in [0.3, 0.4) is 0 Å². The summed E-state index contributed by atoms with van der Waals surface area (Å²) in [6.07, 6.45) is 1.18. The standard InChI is InChI=1S/C10H21NO2S/c1-2-11-10(8-14-6-4-12)9-3-5-13-7-9/h9-12H,2-8H2,1H3. The van der Waals surface area contributed by atoms with Gasteiger partial charge >= 0.3 is 0 Å². The van der Waals surface area contributed by atoms with Gasteiger partial charge in [-0.1, -0.05) is 6.92 Å². The van der Waals surface area contributed by atoms with Gasteiger partial charge in [0.25, 0.3) is 0 Å². The number of hydrogen-bond donors (Lipinski definition) is 2. The van der Waals surface area contributed by atoms with E-state index in [0.29, 0.717) is 12.0 Å². The zero-order valence-corrected chi connectivity index (χ0v) is 9.68. The van der Waals surface area contributed by atoms with Crippen LogP contribution in [-0.4, -0.2) is 49.0 Å². The van der Waals surface area contributed by atoms with Gasteiger partial charge in [0.1, 0.15) is 0 Å². The van der Waals surface area contributed by atoms with Gasteiger partial charge in [-0.25, -0.2) is 0 Å². The molecule has 0 spiro atoms. The van der Waals surface area contributed by atoms with Crippen molar-refractivity contribution in [1.29, 1.82) is 0 Å². The molecule has 1 rings (SSSR count). The maximum absolute atomic E-state index is 8.71. The van der Waals surface area contributed by atoms with E-state index in [9.17, 15) is 0 Å². The number of aliphatic hydroxyl groups excluding tert-OH is 1. The Balaban J connectivity index is 2.22. The molecule has 1 saturated heterocycles. The molecule has 3 nitrogen and oxygen atoms in total. The van der Waals surface area contributed by atoms with Gasteiger partial charge in [-0.05, 0) is 13.0 Å². The van der Waals surface area contributed by atoms with E-state index in [4.69, 9.17) is 9.84 Å². The molecule has 2 N–H and O–H groups in total. The predicted molar refractivity (Wildman–Crippen MR) is 60.8 cm³/mol. The van der Waals surface area contributed by atoms with Crippen LogP contribution in [0.1, 0.15) is 13.3 Å². The molecule has 84 valence electrons. The summed E-state index contributed by atoms with van der Waals surface area (Å²) < 4.78 is 5.39. The molecule has 1 fully saturated rings. The van der Waals surface area contributed by atoms with Crippen molar-refractivity contribution in [3.05, 3.63) is 0 Å². The van der Waals surface area contributed by atoms with Gasteiger partial charge < -0.3 is 15.2 Å². The molecule has 0 aromatic heterocycles. The Labute approximate surface area is 90.6 Å². The average molecular weight is 219 g/mol. The van der Waals surface area contributed by atoms with E-state index in [2.05, 4.69) is 12.2 Å². The van der Waals surface area contributed by atoms with Crippen LogP contribution in [-0.2, 0) is 4.74 Å². The summed E-state index contributed by atoms with van der Waals surface area (Å²) in [6, 6.07) is 0.555. The van der Waals surface area contributed by atoms with Crippen LogP contribution in [0.2, 0.25) is 0 Å². The van der Waals surface area contributed by atoms with E-state index >= 15 is 0 Å². The SMILES string of the molecule is CCNC(CSCCO)C1CCOC1. The molecule has 0 aromatic carbocycles. The van der Waals surface area contributed by atoms with Crippen molar-refractivity contribution >= 4 is 11.8 Å². The summed E-state index contributed by atoms with van der Waals surface area (Å²) in [7, 11) is 0. The maximum Gasteiger partial charge on any atom is 0.0521 e. The predicted octanol–water partition coefficient (Wildman–Crippen LogP) is 0.726. The Morgan fingerprint density at radius 1 is 1.64 bits per heavy atom. The lowest BCUT2D eigenvalue weighted by Gasteiger charge is -2.22. The quantitative estimate of drug-likeness (QED) is 0.619. The Morgan fingerprint density at radius 3 is 3.07 bits per heavy atom. The van der Waals surface area contributed by atoms with Crippen molar-refractivity contribution < 1.29 is 9.84 Å². The number of aliphatic hydroxyl groups is 1. The highest BCUT2D eigenvalue weighted by atomic mass is 32.2. The first-order valence-corrected chi connectivity index (χ1v) is 6.53. The van der Waals surface area contributed by atoms with Crippen molar-refractivity contribution in [3.8, 4) is 0 Å². The zero-order chi connectivity index (χ0) is 10.2. The zero-order valence-electron chi connectivity index (χ0n) is 8.87. The van der Waals surface area contributed by atoms with Crippen molar-refractivity contribution in [3.63, 3.8) is 0 Å². The number of hydrogen-bond acceptors (Lipinski definition) is 4. The maximum atomic E-state index is 8.71. The smallest absolute Gasteiger partial charge is 0.0521 e. The molecule has 1 aliphatic heterocycles. The summed E-state index contributed by atoms with van der Waals surface area (Å²) in [5.74, 6) is 2.60. The van der Waals surface area contributed by atoms with E-state index in [-0.39, 0.29) is 6.61 Å². The third-order valence-electron chi connectivity index (χ3n) is 2.53. The molecule has 2 unspecified atom stereocenters.